The normalized spacial score (nSPS) is 12.4. The van der Waals surface area contributed by atoms with E-state index in [1.165, 1.54) is 41.7 Å². The fourth-order valence-electron chi connectivity index (χ4n) is 3.63. The van der Waals surface area contributed by atoms with E-state index in [4.69, 9.17) is 4.74 Å². The maximum Gasteiger partial charge on any atom is 0.417 e. The quantitative estimate of drug-likeness (QED) is 0.215. The number of Topliss-reactive ketones (excluding diaryl/α,β-unsaturated/α-hetero) is 1. The first-order valence-corrected chi connectivity index (χ1v) is 12.1. The summed E-state index contributed by atoms with van der Waals surface area (Å²) < 4.78 is 46.0. The van der Waals surface area contributed by atoms with Crippen LogP contribution in [0.15, 0.2) is 61.2 Å². The Hall–Kier alpha value is -3.46. The predicted octanol–water partition coefficient (Wildman–Crippen LogP) is 7.18. The number of aryl methyl sites for hydroxylation is 1. The van der Waals surface area contributed by atoms with Gasteiger partial charge >= 0.3 is 12.1 Å². The highest BCUT2D eigenvalue weighted by atomic mass is 32.1. The van der Waals surface area contributed by atoms with Gasteiger partial charge in [-0.2, -0.15) is 13.2 Å². The van der Waals surface area contributed by atoms with Gasteiger partial charge in [0, 0.05) is 28.8 Å². The summed E-state index contributed by atoms with van der Waals surface area (Å²) in [5.41, 5.74) is 0.403. The summed E-state index contributed by atoms with van der Waals surface area (Å²) in [7, 11) is 0. The van der Waals surface area contributed by atoms with Crippen LogP contribution in [-0.4, -0.2) is 27.9 Å². The zero-order chi connectivity index (χ0) is 26.5. The van der Waals surface area contributed by atoms with Crippen LogP contribution in [0.1, 0.15) is 59.1 Å². The van der Waals surface area contributed by atoms with E-state index in [9.17, 15) is 27.9 Å². The fraction of sp³-hybridized carbons (Fsp3) is 0.296. The first-order valence-electron chi connectivity index (χ1n) is 11.3. The van der Waals surface area contributed by atoms with Gasteiger partial charge in [-0.1, -0.05) is 38.1 Å². The summed E-state index contributed by atoms with van der Waals surface area (Å²) >= 11 is 1.18. The number of rotatable bonds is 11. The van der Waals surface area contributed by atoms with Crippen LogP contribution in [0.2, 0.25) is 0 Å². The maximum atomic E-state index is 13.5. The molecular formula is C27H26F3NO4S. The van der Waals surface area contributed by atoms with Crippen LogP contribution in [0.5, 0.6) is 5.75 Å². The van der Waals surface area contributed by atoms with Gasteiger partial charge in [0.2, 0.25) is 0 Å². The van der Waals surface area contributed by atoms with Crippen LogP contribution in [-0.2, 0) is 17.4 Å². The molecule has 0 saturated heterocycles. The molecule has 0 spiro atoms. The summed E-state index contributed by atoms with van der Waals surface area (Å²) in [5.74, 6) is -0.966. The fourth-order valence-corrected chi connectivity index (χ4v) is 4.89. The number of aromatic nitrogens is 1. The van der Waals surface area contributed by atoms with Gasteiger partial charge in [-0.15, -0.1) is 17.9 Å². The molecule has 1 atom stereocenters. The Morgan fingerprint density at radius 1 is 1.14 bits per heavy atom. The second-order valence-electron chi connectivity index (χ2n) is 8.44. The molecule has 0 radical (unpaired) electrons. The lowest BCUT2D eigenvalue weighted by molar-refractivity contribution is -0.145. The maximum absolute atomic E-state index is 13.5. The second-order valence-corrected chi connectivity index (χ2v) is 9.53. The van der Waals surface area contributed by atoms with Crippen LogP contribution in [0.4, 0.5) is 13.2 Å². The molecule has 190 valence electrons. The largest absolute Gasteiger partial charge is 0.478 e. The van der Waals surface area contributed by atoms with E-state index in [2.05, 4.69) is 11.6 Å². The van der Waals surface area contributed by atoms with Gasteiger partial charge in [0.1, 0.15) is 10.8 Å². The molecule has 1 aromatic heterocycles. The van der Waals surface area contributed by atoms with Gasteiger partial charge in [0.15, 0.2) is 11.9 Å². The van der Waals surface area contributed by atoms with Gasteiger partial charge in [-0.25, -0.2) is 9.78 Å². The van der Waals surface area contributed by atoms with Crippen LogP contribution in [0, 0.1) is 0 Å². The van der Waals surface area contributed by atoms with E-state index in [-0.39, 0.29) is 35.1 Å². The average Bonchev–Trinajstić information content (AvgIpc) is 3.27. The van der Waals surface area contributed by atoms with Crippen LogP contribution in [0.25, 0.3) is 10.6 Å². The Bertz CT molecular complexity index is 1230. The highest BCUT2D eigenvalue weighted by Gasteiger charge is 2.34. The highest BCUT2D eigenvalue weighted by Crippen LogP contribution is 2.40. The molecule has 3 aromatic rings. The third kappa shape index (κ3) is 6.60. The van der Waals surface area contributed by atoms with Crippen LogP contribution >= 0.6 is 11.3 Å². The molecule has 0 bridgehead atoms. The number of carbonyl (C=O) groups is 2. The molecule has 1 heterocycles. The summed E-state index contributed by atoms with van der Waals surface area (Å²) in [4.78, 5) is 29.3. The van der Waals surface area contributed by atoms with Crippen molar-refractivity contribution in [2.24, 2.45) is 0 Å². The Morgan fingerprint density at radius 3 is 2.39 bits per heavy atom. The third-order valence-electron chi connectivity index (χ3n) is 5.43. The Morgan fingerprint density at radius 2 is 1.81 bits per heavy atom. The van der Waals surface area contributed by atoms with E-state index in [0.29, 0.717) is 23.4 Å². The van der Waals surface area contributed by atoms with Crippen molar-refractivity contribution in [3.05, 3.63) is 82.9 Å². The van der Waals surface area contributed by atoms with Gasteiger partial charge in [-0.3, -0.25) is 4.79 Å². The summed E-state index contributed by atoms with van der Waals surface area (Å²) in [6, 6.07) is 11.5. The lowest BCUT2D eigenvalue weighted by Crippen LogP contribution is -2.26. The molecule has 0 aliphatic carbocycles. The van der Waals surface area contributed by atoms with Crippen molar-refractivity contribution in [1.29, 1.82) is 0 Å². The lowest BCUT2D eigenvalue weighted by atomic mass is 10.0. The second kappa shape index (κ2) is 11.5. The summed E-state index contributed by atoms with van der Waals surface area (Å²) in [5, 5.41) is 9.47. The SMILES string of the molecule is C=CCC(Oc1ccc(C(=O)CCc2sc(-c3ccccc3C(F)(F)F)nc2C(C)C)cc1)C(=O)O. The topological polar surface area (TPSA) is 76.5 Å². The van der Waals surface area contributed by atoms with Crippen molar-refractivity contribution in [2.45, 2.75) is 51.3 Å². The molecule has 1 N–H and O–H groups in total. The number of hydrogen-bond acceptors (Lipinski definition) is 5. The number of halogens is 3. The highest BCUT2D eigenvalue weighted by molar-refractivity contribution is 7.15. The number of ether oxygens (including phenoxy) is 1. The van der Waals surface area contributed by atoms with Crippen molar-refractivity contribution in [3.63, 3.8) is 0 Å². The first-order chi connectivity index (χ1) is 17.0. The Labute approximate surface area is 211 Å². The van der Waals surface area contributed by atoms with E-state index >= 15 is 0 Å². The number of benzene rings is 2. The predicted molar refractivity (Wildman–Crippen MR) is 133 cm³/mol. The zero-order valence-electron chi connectivity index (χ0n) is 19.8. The number of nitrogens with zero attached hydrogens (tertiary/aromatic N) is 1. The van der Waals surface area contributed by atoms with Crippen molar-refractivity contribution in [2.75, 3.05) is 0 Å². The number of aliphatic carboxylic acids is 1. The molecule has 5 nitrogen and oxygen atoms in total. The molecule has 9 heteroatoms. The van der Waals surface area contributed by atoms with Crippen molar-refractivity contribution in [3.8, 4) is 16.3 Å². The molecule has 0 saturated carbocycles. The van der Waals surface area contributed by atoms with Crippen molar-refractivity contribution in [1.82, 2.24) is 4.98 Å². The summed E-state index contributed by atoms with van der Waals surface area (Å²) in [6.07, 6.45) is -3.48. The number of hydrogen-bond donors (Lipinski definition) is 1. The molecule has 0 fully saturated rings. The number of carboxylic acids is 1. The molecular weight excluding hydrogens is 491 g/mol. The molecule has 3 rings (SSSR count). The van der Waals surface area contributed by atoms with E-state index in [0.717, 1.165) is 10.9 Å². The summed E-state index contributed by atoms with van der Waals surface area (Å²) in [6.45, 7) is 7.34. The molecule has 0 aliphatic rings. The first kappa shape index (κ1) is 27.1. The minimum atomic E-state index is -4.50. The Kier molecular flexibility index (Phi) is 8.68. The zero-order valence-corrected chi connectivity index (χ0v) is 20.7. The van der Waals surface area contributed by atoms with E-state index in [1.807, 2.05) is 13.8 Å². The van der Waals surface area contributed by atoms with Crippen LogP contribution < -0.4 is 4.74 Å². The third-order valence-corrected chi connectivity index (χ3v) is 6.59. The molecule has 0 aliphatic heterocycles. The van der Waals surface area contributed by atoms with Gasteiger partial charge < -0.3 is 9.84 Å². The minimum absolute atomic E-state index is 0.0210. The van der Waals surface area contributed by atoms with Gasteiger partial charge in [0.05, 0.1) is 11.3 Å². The van der Waals surface area contributed by atoms with Crippen molar-refractivity contribution >= 4 is 23.1 Å². The van der Waals surface area contributed by atoms with E-state index in [1.54, 1.807) is 18.2 Å². The smallest absolute Gasteiger partial charge is 0.417 e. The van der Waals surface area contributed by atoms with Crippen LogP contribution in [0.3, 0.4) is 0 Å². The van der Waals surface area contributed by atoms with Crippen molar-refractivity contribution < 1.29 is 32.6 Å². The van der Waals surface area contributed by atoms with E-state index < -0.39 is 23.8 Å². The Balaban J connectivity index is 1.75. The average molecular weight is 518 g/mol. The minimum Gasteiger partial charge on any atom is -0.478 e. The monoisotopic (exact) mass is 517 g/mol. The number of carbonyl (C=O) groups excluding carboxylic acids is 1. The number of alkyl halides is 3. The number of carboxylic acid groups (broad SMARTS) is 1. The molecule has 2 aromatic carbocycles. The van der Waals surface area contributed by atoms with Gasteiger partial charge in [-0.05, 0) is 42.7 Å². The lowest BCUT2D eigenvalue weighted by Gasteiger charge is -2.13. The number of thiazole rings is 1. The number of ketones is 1. The molecule has 36 heavy (non-hydrogen) atoms. The van der Waals surface area contributed by atoms with Gasteiger partial charge in [0.25, 0.3) is 0 Å². The standard InChI is InChI=1S/C27H26F3NO4S/c1-4-7-22(26(33)34)35-18-12-10-17(11-13-18)21(32)14-15-23-24(16(2)3)31-25(36-23)19-8-5-6-9-20(19)27(28,29)30/h4-6,8-13,16,22H,1,7,14-15H2,2-3H3,(H,33,34). The molecule has 1 unspecified atom stereocenters. The molecule has 0 amide bonds.